The van der Waals surface area contributed by atoms with E-state index >= 15 is 0 Å². The standard InChI is InChI=1S/C19H16N2O/c1-21(14-13-16-7-3-2-4-8-16)19(22)12-11-17-9-5-6-10-18(17)15-20/h2-10H,13-14H2,1H3. The zero-order valence-corrected chi connectivity index (χ0v) is 12.4. The van der Waals surface area contributed by atoms with Crippen LogP contribution in [0.4, 0.5) is 0 Å². The third-order valence-corrected chi connectivity index (χ3v) is 3.28. The number of likely N-dealkylation sites (N-methyl/N-ethyl adjacent to an activating group) is 1. The molecule has 0 bridgehead atoms. The zero-order chi connectivity index (χ0) is 15.8. The summed E-state index contributed by atoms with van der Waals surface area (Å²) in [5, 5.41) is 8.99. The summed E-state index contributed by atoms with van der Waals surface area (Å²) in [6, 6.07) is 19.1. The van der Waals surface area contributed by atoms with Crippen LogP contribution in [0, 0.1) is 23.2 Å². The fraction of sp³-hybridized carbons (Fsp3) is 0.158. The highest BCUT2D eigenvalue weighted by Crippen LogP contribution is 2.05. The number of hydrogen-bond acceptors (Lipinski definition) is 2. The van der Waals surface area contributed by atoms with Crippen molar-refractivity contribution >= 4 is 5.91 Å². The van der Waals surface area contributed by atoms with Crippen molar-refractivity contribution in [2.24, 2.45) is 0 Å². The summed E-state index contributed by atoms with van der Waals surface area (Å²) >= 11 is 0. The zero-order valence-electron chi connectivity index (χ0n) is 12.4. The van der Waals surface area contributed by atoms with E-state index in [4.69, 9.17) is 5.26 Å². The number of benzene rings is 2. The van der Waals surface area contributed by atoms with Crippen LogP contribution >= 0.6 is 0 Å². The predicted octanol–water partition coefficient (Wildman–Crippen LogP) is 2.61. The van der Waals surface area contributed by atoms with Crippen LogP contribution in [0.5, 0.6) is 0 Å². The molecule has 0 spiro atoms. The second-order valence-electron chi connectivity index (χ2n) is 4.87. The Morgan fingerprint density at radius 3 is 2.36 bits per heavy atom. The average molecular weight is 288 g/mol. The second kappa shape index (κ2) is 7.67. The number of nitrogens with zero attached hydrogens (tertiary/aromatic N) is 2. The Kier molecular flexibility index (Phi) is 5.35. The number of hydrogen-bond donors (Lipinski definition) is 0. The normalized spacial score (nSPS) is 9.27. The van der Waals surface area contributed by atoms with E-state index in [0.717, 1.165) is 6.42 Å². The lowest BCUT2D eigenvalue weighted by Gasteiger charge is -2.13. The van der Waals surface area contributed by atoms with Crippen molar-refractivity contribution in [3.63, 3.8) is 0 Å². The third kappa shape index (κ3) is 4.23. The van der Waals surface area contributed by atoms with Gasteiger partial charge in [0.05, 0.1) is 5.56 Å². The van der Waals surface area contributed by atoms with Crippen molar-refractivity contribution in [2.75, 3.05) is 13.6 Å². The van der Waals surface area contributed by atoms with Gasteiger partial charge in [0.1, 0.15) is 6.07 Å². The fourth-order valence-electron chi connectivity index (χ4n) is 1.95. The first kappa shape index (κ1) is 15.4. The summed E-state index contributed by atoms with van der Waals surface area (Å²) in [6.45, 7) is 0.609. The lowest BCUT2D eigenvalue weighted by atomic mass is 10.1. The quantitative estimate of drug-likeness (QED) is 0.815. The first-order valence-corrected chi connectivity index (χ1v) is 7.01. The molecule has 0 aliphatic rings. The van der Waals surface area contributed by atoms with Crippen LogP contribution in [0.2, 0.25) is 0 Å². The van der Waals surface area contributed by atoms with E-state index < -0.39 is 0 Å². The van der Waals surface area contributed by atoms with Gasteiger partial charge in [-0.05, 0) is 24.1 Å². The summed E-state index contributed by atoms with van der Waals surface area (Å²) in [5.74, 6) is 5.13. The van der Waals surface area contributed by atoms with Crippen LogP contribution in [0.1, 0.15) is 16.7 Å². The summed E-state index contributed by atoms with van der Waals surface area (Å²) < 4.78 is 0. The van der Waals surface area contributed by atoms with Crippen LogP contribution < -0.4 is 0 Å². The molecule has 2 rings (SSSR count). The first-order valence-electron chi connectivity index (χ1n) is 7.01. The molecule has 2 aromatic rings. The van der Waals surface area contributed by atoms with Crippen LogP contribution in [-0.4, -0.2) is 24.4 Å². The Balaban J connectivity index is 1.98. The van der Waals surface area contributed by atoms with Crippen molar-refractivity contribution in [3.05, 3.63) is 71.3 Å². The lowest BCUT2D eigenvalue weighted by molar-refractivity contribution is -0.123. The number of carbonyl (C=O) groups is 1. The molecule has 0 saturated heterocycles. The molecule has 3 nitrogen and oxygen atoms in total. The number of rotatable bonds is 3. The van der Waals surface area contributed by atoms with Crippen molar-refractivity contribution < 1.29 is 4.79 Å². The summed E-state index contributed by atoms with van der Waals surface area (Å²) in [4.78, 5) is 13.6. The molecule has 0 aliphatic carbocycles. The number of nitriles is 1. The second-order valence-corrected chi connectivity index (χ2v) is 4.87. The van der Waals surface area contributed by atoms with Gasteiger partial charge in [0.25, 0.3) is 5.91 Å². The number of amides is 1. The minimum atomic E-state index is -0.247. The molecular formula is C19H16N2O. The van der Waals surface area contributed by atoms with Gasteiger partial charge in [0.2, 0.25) is 0 Å². The molecule has 2 aromatic carbocycles. The molecule has 0 atom stereocenters. The van der Waals surface area contributed by atoms with Crippen molar-refractivity contribution in [3.8, 4) is 17.9 Å². The first-order chi connectivity index (χ1) is 10.7. The van der Waals surface area contributed by atoms with Crippen molar-refractivity contribution in [1.29, 1.82) is 5.26 Å². The molecule has 1 amide bonds. The Morgan fingerprint density at radius 2 is 1.68 bits per heavy atom. The molecule has 108 valence electrons. The monoisotopic (exact) mass is 288 g/mol. The predicted molar refractivity (Wildman–Crippen MR) is 85.8 cm³/mol. The van der Waals surface area contributed by atoms with Gasteiger partial charge < -0.3 is 4.90 Å². The molecule has 0 aliphatic heterocycles. The maximum Gasteiger partial charge on any atom is 0.298 e. The van der Waals surface area contributed by atoms with Crippen LogP contribution in [0.15, 0.2) is 54.6 Å². The van der Waals surface area contributed by atoms with Crippen LogP contribution in [0.3, 0.4) is 0 Å². The SMILES string of the molecule is CN(CCc1ccccc1)C(=O)C#Cc1ccccc1C#N. The maximum atomic E-state index is 12.0. The van der Waals surface area contributed by atoms with E-state index in [1.165, 1.54) is 5.56 Å². The van der Waals surface area contributed by atoms with E-state index in [2.05, 4.69) is 17.9 Å². The lowest BCUT2D eigenvalue weighted by Crippen LogP contribution is -2.27. The van der Waals surface area contributed by atoms with Crippen molar-refractivity contribution in [2.45, 2.75) is 6.42 Å². The molecule has 22 heavy (non-hydrogen) atoms. The highest BCUT2D eigenvalue weighted by molar-refractivity contribution is 5.94. The van der Waals surface area contributed by atoms with Gasteiger partial charge in [-0.3, -0.25) is 4.79 Å². The molecule has 0 unspecified atom stereocenters. The molecule has 0 N–H and O–H groups in total. The Bertz CT molecular complexity index is 748. The molecule has 0 heterocycles. The molecule has 3 heteroatoms. The van der Waals surface area contributed by atoms with E-state index in [9.17, 15) is 4.79 Å². The topological polar surface area (TPSA) is 44.1 Å². The van der Waals surface area contributed by atoms with Crippen LogP contribution in [-0.2, 0) is 11.2 Å². The van der Waals surface area contributed by atoms with Crippen molar-refractivity contribution in [1.82, 2.24) is 4.90 Å². The highest BCUT2D eigenvalue weighted by Gasteiger charge is 2.05. The average Bonchev–Trinajstić information content (AvgIpc) is 2.58. The molecule has 0 radical (unpaired) electrons. The van der Waals surface area contributed by atoms with E-state index in [-0.39, 0.29) is 5.91 Å². The van der Waals surface area contributed by atoms with Gasteiger partial charge >= 0.3 is 0 Å². The Morgan fingerprint density at radius 1 is 1.05 bits per heavy atom. The van der Waals surface area contributed by atoms with E-state index in [1.807, 2.05) is 30.3 Å². The summed E-state index contributed by atoms with van der Waals surface area (Å²) in [5.41, 5.74) is 2.24. The summed E-state index contributed by atoms with van der Waals surface area (Å²) in [6.07, 6.45) is 0.791. The Labute approximate surface area is 130 Å². The molecule has 0 aromatic heterocycles. The van der Waals surface area contributed by atoms with Gasteiger partial charge in [-0.1, -0.05) is 48.4 Å². The Hall–Kier alpha value is -3.04. The minimum Gasteiger partial charge on any atom is -0.335 e. The minimum absolute atomic E-state index is 0.247. The van der Waals surface area contributed by atoms with E-state index in [0.29, 0.717) is 17.7 Å². The van der Waals surface area contributed by atoms with Gasteiger partial charge in [0, 0.05) is 25.1 Å². The van der Waals surface area contributed by atoms with Gasteiger partial charge in [0.15, 0.2) is 0 Å². The summed E-state index contributed by atoms with van der Waals surface area (Å²) in [7, 11) is 1.73. The van der Waals surface area contributed by atoms with Crippen LogP contribution in [0.25, 0.3) is 0 Å². The fourth-order valence-corrected chi connectivity index (χ4v) is 1.95. The maximum absolute atomic E-state index is 12.0. The third-order valence-electron chi connectivity index (χ3n) is 3.28. The molecule has 0 fully saturated rings. The van der Waals surface area contributed by atoms with Gasteiger partial charge in [-0.15, -0.1) is 0 Å². The smallest absolute Gasteiger partial charge is 0.298 e. The highest BCUT2D eigenvalue weighted by atomic mass is 16.2. The van der Waals surface area contributed by atoms with E-state index in [1.54, 1.807) is 36.2 Å². The molecule has 0 saturated carbocycles. The largest absolute Gasteiger partial charge is 0.335 e. The number of carbonyl (C=O) groups excluding carboxylic acids is 1. The van der Waals surface area contributed by atoms with Gasteiger partial charge in [-0.25, -0.2) is 0 Å². The van der Waals surface area contributed by atoms with Gasteiger partial charge in [-0.2, -0.15) is 5.26 Å². The molecular weight excluding hydrogens is 272 g/mol.